The molecule has 3 heterocycles. The number of aryl methyl sites for hydroxylation is 2. The number of anilines is 1. The van der Waals surface area contributed by atoms with Crippen molar-refractivity contribution in [2.45, 2.75) is 23.6 Å². The molecule has 0 fully saturated rings. The lowest BCUT2D eigenvalue weighted by Gasteiger charge is -2.11. The van der Waals surface area contributed by atoms with Crippen molar-refractivity contribution < 1.29 is 4.79 Å². The number of hydrogen-bond acceptors (Lipinski definition) is 6. The molecule has 1 N–H and O–H groups in total. The van der Waals surface area contributed by atoms with E-state index < -0.39 is 0 Å². The van der Waals surface area contributed by atoms with Gasteiger partial charge in [0.05, 0.1) is 18.2 Å². The third-order valence-corrected chi connectivity index (χ3v) is 6.31. The van der Waals surface area contributed by atoms with Crippen molar-refractivity contribution >= 4 is 45.7 Å². The molecular formula is C20H19N5O2S2. The van der Waals surface area contributed by atoms with E-state index in [-0.39, 0.29) is 24.4 Å². The molecule has 0 atom stereocenters. The highest BCUT2D eigenvalue weighted by atomic mass is 32.2. The Balaban J connectivity index is 1.40. The minimum absolute atomic E-state index is 0.147. The van der Waals surface area contributed by atoms with Crippen molar-refractivity contribution in [1.82, 2.24) is 19.3 Å². The molecule has 0 unspecified atom stereocenters. The van der Waals surface area contributed by atoms with E-state index in [0.29, 0.717) is 11.0 Å². The molecule has 0 saturated carbocycles. The number of amides is 1. The number of benzene rings is 1. The minimum atomic E-state index is -0.192. The highest BCUT2D eigenvalue weighted by Gasteiger charge is 2.11. The average molecular weight is 426 g/mol. The molecule has 0 radical (unpaired) electrons. The van der Waals surface area contributed by atoms with Gasteiger partial charge in [0, 0.05) is 30.7 Å². The van der Waals surface area contributed by atoms with Gasteiger partial charge in [-0.05, 0) is 34.5 Å². The molecule has 0 aliphatic heterocycles. The van der Waals surface area contributed by atoms with Crippen molar-refractivity contribution in [3.63, 3.8) is 0 Å². The summed E-state index contributed by atoms with van der Waals surface area (Å²) in [7, 11) is 1.74. The summed E-state index contributed by atoms with van der Waals surface area (Å²) in [4.78, 5) is 30.3. The van der Waals surface area contributed by atoms with Crippen LogP contribution < -0.4 is 10.9 Å². The van der Waals surface area contributed by atoms with Crippen LogP contribution in [-0.4, -0.2) is 25.2 Å². The lowest BCUT2D eigenvalue weighted by molar-refractivity contribution is -0.116. The summed E-state index contributed by atoms with van der Waals surface area (Å²) in [6.45, 7) is 0.257. The number of fused-ring (bicyclic) bond motifs is 1. The number of thiophene rings is 1. The molecule has 0 aliphatic rings. The van der Waals surface area contributed by atoms with Crippen molar-refractivity contribution in [3.05, 3.63) is 69.5 Å². The summed E-state index contributed by atoms with van der Waals surface area (Å²) in [5, 5.41) is 11.6. The number of para-hydroxylation sites is 1. The third kappa shape index (κ3) is 4.41. The first-order chi connectivity index (χ1) is 14.1. The number of hydrogen-bond donors (Lipinski definition) is 1. The highest BCUT2D eigenvalue weighted by molar-refractivity contribution is 7.98. The zero-order valence-corrected chi connectivity index (χ0v) is 17.4. The van der Waals surface area contributed by atoms with E-state index in [2.05, 4.69) is 32.2 Å². The Morgan fingerprint density at radius 1 is 1.28 bits per heavy atom. The minimum Gasteiger partial charge on any atom is -0.325 e. The molecule has 9 heteroatoms. The summed E-state index contributed by atoms with van der Waals surface area (Å²) < 4.78 is 3.00. The molecule has 1 aromatic carbocycles. The van der Waals surface area contributed by atoms with Crippen LogP contribution in [0.1, 0.15) is 12.0 Å². The molecule has 7 nitrogen and oxygen atoms in total. The van der Waals surface area contributed by atoms with E-state index in [1.807, 2.05) is 24.3 Å². The maximum absolute atomic E-state index is 12.5. The second kappa shape index (κ2) is 8.62. The first kappa shape index (κ1) is 19.4. The van der Waals surface area contributed by atoms with Crippen molar-refractivity contribution in [3.8, 4) is 0 Å². The van der Waals surface area contributed by atoms with Gasteiger partial charge in [-0.15, -0.1) is 11.8 Å². The lowest BCUT2D eigenvalue weighted by Crippen LogP contribution is -2.23. The summed E-state index contributed by atoms with van der Waals surface area (Å²) in [5.74, 6) is 0.703. The van der Waals surface area contributed by atoms with Gasteiger partial charge in [-0.2, -0.15) is 16.4 Å². The second-order valence-electron chi connectivity index (χ2n) is 6.46. The number of nitrogens with zero attached hydrogens (tertiary/aromatic N) is 4. The molecule has 29 heavy (non-hydrogen) atoms. The lowest BCUT2D eigenvalue weighted by atomic mass is 10.3. The SMILES string of the molecule is Cn1ncc2c(=O)n(CCC(=O)Nc3ccccc3SCc3ccsc3)cnc21. The number of carbonyl (C=O) groups is 1. The predicted octanol–water partition coefficient (Wildman–Crippen LogP) is 3.51. The fraction of sp³-hybridized carbons (Fsp3) is 0.200. The second-order valence-corrected chi connectivity index (χ2v) is 8.26. The Hall–Kier alpha value is -2.91. The fourth-order valence-corrected chi connectivity index (χ4v) is 4.62. The first-order valence-corrected chi connectivity index (χ1v) is 10.9. The Kier molecular flexibility index (Phi) is 5.77. The van der Waals surface area contributed by atoms with Gasteiger partial charge in [-0.25, -0.2) is 4.98 Å². The zero-order valence-electron chi connectivity index (χ0n) is 15.7. The molecule has 1 amide bonds. The highest BCUT2D eigenvalue weighted by Crippen LogP contribution is 2.30. The molecule has 0 aliphatic carbocycles. The van der Waals surface area contributed by atoms with Gasteiger partial charge in [0.1, 0.15) is 5.39 Å². The normalized spacial score (nSPS) is 11.1. The number of thioether (sulfide) groups is 1. The quantitative estimate of drug-likeness (QED) is 0.458. The fourth-order valence-electron chi connectivity index (χ4n) is 2.89. The number of rotatable bonds is 7. The van der Waals surface area contributed by atoms with Gasteiger partial charge < -0.3 is 5.32 Å². The number of nitrogens with one attached hydrogen (secondary N) is 1. The molecule has 4 aromatic rings. The van der Waals surface area contributed by atoms with Crippen LogP contribution >= 0.6 is 23.1 Å². The van der Waals surface area contributed by atoms with Crippen LogP contribution in [0.4, 0.5) is 5.69 Å². The van der Waals surface area contributed by atoms with Gasteiger partial charge in [-0.1, -0.05) is 12.1 Å². The maximum atomic E-state index is 12.5. The average Bonchev–Trinajstić information content (AvgIpc) is 3.37. The molecule has 4 rings (SSSR count). The zero-order chi connectivity index (χ0) is 20.2. The van der Waals surface area contributed by atoms with Crippen LogP contribution in [0, 0.1) is 0 Å². The topological polar surface area (TPSA) is 81.8 Å². The molecule has 148 valence electrons. The maximum Gasteiger partial charge on any atom is 0.264 e. The Bertz CT molecular complexity index is 1200. The summed E-state index contributed by atoms with van der Waals surface area (Å²) in [6.07, 6.45) is 3.14. The van der Waals surface area contributed by atoms with Crippen molar-refractivity contribution in [1.29, 1.82) is 0 Å². The van der Waals surface area contributed by atoms with Crippen LogP contribution in [-0.2, 0) is 24.1 Å². The van der Waals surface area contributed by atoms with Crippen LogP contribution in [0.3, 0.4) is 0 Å². The monoisotopic (exact) mass is 425 g/mol. The van der Waals surface area contributed by atoms with Crippen LogP contribution in [0.25, 0.3) is 11.0 Å². The van der Waals surface area contributed by atoms with E-state index in [1.165, 1.54) is 22.7 Å². The third-order valence-electron chi connectivity index (χ3n) is 4.43. The standard InChI is InChI=1S/C20H19N5O2S2/c1-24-19-15(10-22-24)20(27)25(13-21-19)8-6-18(26)23-16-4-2-3-5-17(16)29-12-14-7-9-28-11-14/h2-5,7,9-11,13H,6,8,12H2,1H3,(H,23,26). The van der Waals surface area contributed by atoms with E-state index in [1.54, 1.807) is 34.8 Å². The van der Waals surface area contributed by atoms with Crippen molar-refractivity contribution in [2.24, 2.45) is 7.05 Å². The van der Waals surface area contributed by atoms with Crippen LogP contribution in [0.5, 0.6) is 0 Å². The Morgan fingerprint density at radius 3 is 2.97 bits per heavy atom. The van der Waals surface area contributed by atoms with E-state index in [4.69, 9.17) is 0 Å². The van der Waals surface area contributed by atoms with Gasteiger partial charge in [0.15, 0.2) is 5.65 Å². The van der Waals surface area contributed by atoms with Gasteiger partial charge in [0.2, 0.25) is 5.91 Å². The van der Waals surface area contributed by atoms with Gasteiger partial charge >= 0.3 is 0 Å². The Labute approximate surface area is 175 Å². The van der Waals surface area contributed by atoms with Crippen molar-refractivity contribution in [2.75, 3.05) is 5.32 Å². The number of aromatic nitrogens is 4. The Morgan fingerprint density at radius 2 is 2.14 bits per heavy atom. The van der Waals surface area contributed by atoms with Crippen LogP contribution in [0.15, 0.2) is 63.3 Å². The summed E-state index contributed by atoms with van der Waals surface area (Å²) >= 11 is 3.36. The predicted molar refractivity (Wildman–Crippen MR) is 116 cm³/mol. The van der Waals surface area contributed by atoms with E-state index >= 15 is 0 Å². The smallest absolute Gasteiger partial charge is 0.264 e. The van der Waals surface area contributed by atoms with Gasteiger partial charge in [-0.3, -0.25) is 18.8 Å². The molecule has 0 bridgehead atoms. The largest absolute Gasteiger partial charge is 0.325 e. The molecule has 0 saturated heterocycles. The molecule has 3 aromatic heterocycles. The molecular weight excluding hydrogens is 406 g/mol. The first-order valence-electron chi connectivity index (χ1n) is 9.02. The van der Waals surface area contributed by atoms with E-state index in [0.717, 1.165) is 16.3 Å². The van der Waals surface area contributed by atoms with Crippen LogP contribution in [0.2, 0.25) is 0 Å². The number of carbonyl (C=O) groups excluding carboxylic acids is 1. The summed E-state index contributed by atoms with van der Waals surface area (Å²) in [6, 6.07) is 9.85. The summed E-state index contributed by atoms with van der Waals surface area (Å²) in [5.41, 5.74) is 2.39. The van der Waals surface area contributed by atoms with E-state index in [9.17, 15) is 9.59 Å². The van der Waals surface area contributed by atoms with Gasteiger partial charge in [0.25, 0.3) is 5.56 Å². The molecule has 0 spiro atoms.